The minimum Gasteiger partial charge on any atom is -0.316 e. The van der Waals surface area contributed by atoms with Crippen molar-refractivity contribution in [1.82, 2.24) is 20.3 Å². The zero-order chi connectivity index (χ0) is 9.10. The van der Waals surface area contributed by atoms with Gasteiger partial charge in [-0.1, -0.05) is 5.21 Å². The van der Waals surface area contributed by atoms with Gasteiger partial charge in [0.25, 0.3) is 0 Å². The molecule has 4 nitrogen and oxygen atoms in total. The molecule has 0 amide bonds. The molecule has 1 saturated heterocycles. The van der Waals surface area contributed by atoms with Crippen LogP contribution < -0.4 is 5.32 Å². The van der Waals surface area contributed by atoms with E-state index in [9.17, 15) is 0 Å². The predicted molar refractivity (Wildman–Crippen MR) is 50.3 cm³/mol. The van der Waals surface area contributed by atoms with E-state index in [-0.39, 0.29) is 0 Å². The average Bonchev–Trinajstić information content (AvgIpc) is 2.53. The normalized spacial score (nSPS) is 23.3. The molecule has 2 heterocycles. The Bertz CT molecular complexity index is 262. The number of piperidine rings is 1. The molecule has 1 aliphatic heterocycles. The van der Waals surface area contributed by atoms with Gasteiger partial charge in [0.15, 0.2) is 0 Å². The highest BCUT2D eigenvalue weighted by Gasteiger charge is 2.14. The van der Waals surface area contributed by atoms with Gasteiger partial charge in [-0.15, -0.1) is 5.10 Å². The minimum absolute atomic E-state index is 0.755. The first-order chi connectivity index (χ1) is 6.34. The Morgan fingerprint density at radius 3 is 3.23 bits per heavy atom. The van der Waals surface area contributed by atoms with E-state index in [0.717, 1.165) is 24.6 Å². The SMILES string of the molecule is Cn1cc(CC2CCCNC2)nn1. The molecule has 0 radical (unpaired) electrons. The van der Waals surface area contributed by atoms with Gasteiger partial charge >= 0.3 is 0 Å². The molecular weight excluding hydrogens is 164 g/mol. The fourth-order valence-corrected chi connectivity index (χ4v) is 1.88. The largest absolute Gasteiger partial charge is 0.316 e. The van der Waals surface area contributed by atoms with Crippen LogP contribution in [0.3, 0.4) is 0 Å². The van der Waals surface area contributed by atoms with Crippen LogP contribution in [0.4, 0.5) is 0 Å². The van der Waals surface area contributed by atoms with Crippen molar-refractivity contribution in [3.05, 3.63) is 11.9 Å². The molecule has 1 unspecified atom stereocenters. The molecule has 1 atom stereocenters. The topological polar surface area (TPSA) is 42.7 Å². The number of nitrogens with zero attached hydrogens (tertiary/aromatic N) is 3. The molecule has 1 N–H and O–H groups in total. The van der Waals surface area contributed by atoms with E-state index in [0.29, 0.717) is 0 Å². The van der Waals surface area contributed by atoms with Crippen molar-refractivity contribution < 1.29 is 0 Å². The Morgan fingerprint density at radius 2 is 2.62 bits per heavy atom. The first-order valence-corrected chi connectivity index (χ1v) is 4.90. The summed E-state index contributed by atoms with van der Waals surface area (Å²) in [6, 6.07) is 0. The first-order valence-electron chi connectivity index (χ1n) is 4.90. The average molecular weight is 180 g/mol. The van der Waals surface area contributed by atoms with Crippen LogP contribution in [0.15, 0.2) is 6.20 Å². The Balaban J connectivity index is 1.89. The maximum atomic E-state index is 4.10. The van der Waals surface area contributed by atoms with Crippen LogP contribution in [0, 0.1) is 5.92 Å². The summed E-state index contributed by atoms with van der Waals surface area (Å²) in [6.45, 7) is 2.31. The highest BCUT2D eigenvalue weighted by molar-refractivity contribution is 4.94. The van der Waals surface area contributed by atoms with E-state index in [1.807, 2.05) is 13.2 Å². The van der Waals surface area contributed by atoms with Crippen LogP contribution >= 0.6 is 0 Å². The maximum Gasteiger partial charge on any atom is 0.0830 e. The highest BCUT2D eigenvalue weighted by atomic mass is 15.4. The van der Waals surface area contributed by atoms with Gasteiger partial charge in [0, 0.05) is 13.2 Å². The van der Waals surface area contributed by atoms with Gasteiger partial charge in [-0.3, -0.25) is 4.68 Å². The molecular formula is C9H16N4. The van der Waals surface area contributed by atoms with Gasteiger partial charge in [0.05, 0.1) is 5.69 Å². The van der Waals surface area contributed by atoms with Gasteiger partial charge in [0.2, 0.25) is 0 Å². The molecule has 1 fully saturated rings. The molecule has 0 bridgehead atoms. The smallest absolute Gasteiger partial charge is 0.0830 e. The molecule has 72 valence electrons. The fraction of sp³-hybridized carbons (Fsp3) is 0.778. The summed E-state index contributed by atoms with van der Waals surface area (Å²) in [5.41, 5.74) is 1.12. The van der Waals surface area contributed by atoms with E-state index >= 15 is 0 Å². The monoisotopic (exact) mass is 180 g/mol. The molecule has 0 aliphatic carbocycles. The summed E-state index contributed by atoms with van der Waals surface area (Å²) >= 11 is 0. The number of aryl methyl sites for hydroxylation is 1. The second-order valence-corrected chi connectivity index (χ2v) is 3.80. The van der Waals surface area contributed by atoms with Crippen LogP contribution in [0.5, 0.6) is 0 Å². The third kappa shape index (κ3) is 2.28. The number of aromatic nitrogens is 3. The fourth-order valence-electron chi connectivity index (χ4n) is 1.88. The number of nitrogens with one attached hydrogen (secondary N) is 1. The van der Waals surface area contributed by atoms with E-state index in [1.165, 1.54) is 19.4 Å². The summed E-state index contributed by atoms with van der Waals surface area (Å²) in [5.74, 6) is 0.755. The molecule has 2 rings (SSSR count). The van der Waals surface area contributed by atoms with Gasteiger partial charge in [0.1, 0.15) is 0 Å². The quantitative estimate of drug-likeness (QED) is 0.714. The molecule has 0 spiro atoms. The summed E-state index contributed by atoms with van der Waals surface area (Å²) < 4.78 is 1.77. The van der Waals surface area contributed by atoms with Crippen LogP contribution in [-0.4, -0.2) is 28.1 Å². The van der Waals surface area contributed by atoms with Gasteiger partial charge in [-0.2, -0.15) is 0 Å². The van der Waals surface area contributed by atoms with E-state index in [1.54, 1.807) is 4.68 Å². The van der Waals surface area contributed by atoms with Crippen molar-refractivity contribution in [2.45, 2.75) is 19.3 Å². The Morgan fingerprint density at radius 1 is 1.69 bits per heavy atom. The molecule has 1 aromatic rings. The molecule has 0 saturated carbocycles. The predicted octanol–water partition coefficient (Wildman–Crippen LogP) is 0.357. The van der Waals surface area contributed by atoms with Gasteiger partial charge in [-0.05, 0) is 38.3 Å². The number of hydrogen-bond donors (Lipinski definition) is 1. The van der Waals surface area contributed by atoms with Crippen molar-refractivity contribution in [3.63, 3.8) is 0 Å². The Hall–Kier alpha value is -0.900. The zero-order valence-electron chi connectivity index (χ0n) is 8.03. The van der Waals surface area contributed by atoms with Crippen molar-refractivity contribution in [3.8, 4) is 0 Å². The summed E-state index contributed by atoms with van der Waals surface area (Å²) in [5, 5.41) is 11.4. The van der Waals surface area contributed by atoms with Gasteiger partial charge < -0.3 is 5.32 Å². The minimum atomic E-state index is 0.755. The Kier molecular flexibility index (Phi) is 2.59. The van der Waals surface area contributed by atoms with E-state index < -0.39 is 0 Å². The zero-order valence-corrected chi connectivity index (χ0v) is 8.03. The highest BCUT2D eigenvalue weighted by Crippen LogP contribution is 2.14. The Labute approximate surface area is 78.3 Å². The van der Waals surface area contributed by atoms with Crippen LogP contribution in [0.1, 0.15) is 18.5 Å². The second-order valence-electron chi connectivity index (χ2n) is 3.80. The standard InChI is InChI=1S/C9H16N4/c1-13-7-9(11-12-13)5-8-3-2-4-10-6-8/h7-8,10H,2-6H2,1H3. The third-order valence-corrected chi connectivity index (χ3v) is 2.55. The summed E-state index contributed by atoms with van der Waals surface area (Å²) in [7, 11) is 1.91. The lowest BCUT2D eigenvalue weighted by molar-refractivity contribution is 0.373. The van der Waals surface area contributed by atoms with E-state index in [2.05, 4.69) is 15.6 Å². The lowest BCUT2D eigenvalue weighted by Gasteiger charge is -2.21. The maximum absolute atomic E-state index is 4.10. The molecule has 13 heavy (non-hydrogen) atoms. The van der Waals surface area contributed by atoms with Crippen molar-refractivity contribution >= 4 is 0 Å². The van der Waals surface area contributed by atoms with Crippen molar-refractivity contribution in [1.29, 1.82) is 0 Å². The van der Waals surface area contributed by atoms with Gasteiger partial charge in [-0.25, -0.2) is 0 Å². The molecule has 4 heteroatoms. The number of hydrogen-bond acceptors (Lipinski definition) is 3. The lowest BCUT2D eigenvalue weighted by Crippen LogP contribution is -2.30. The van der Waals surface area contributed by atoms with Crippen molar-refractivity contribution in [2.75, 3.05) is 13.1 Å². The molecule has 1 aromatic heterocycles. The van der Waals surface area contributed by atoms with Crippen LogP contribution in [-0.2, 0) is 13.5 Å². The van der Waals surface area contributed by atoms with Crippen LogP contribution in [0.2, 0.25) is 0 Å². The summed E-state index contributed by atoms with van der Waals surface area (Å²) in [4.78, 5) is 0. The van der Waals surface area contributed by atoms with Crippen LogP contribution in [0.25, 0.3) is 0 Å². The second kappa shape index (κ2) is 3.87. The third-order valence-electron chi connectivity index (χ3n) is 2.55. The number of rotatable bonds is 2. The molecule has 1 aliphatic rings. The lowest BCUT2D eigenvalue weighted by atomic mass is 9.95. The molecule has 0 aromatic carbocycles. The van der Waals surface area contributed by atoms with Crippen molar-refractivity contribution in [2.24, 2.45) is 13.0 Å². The summed E-state index contributed by atoms with van der Waals surface area (Å²) in [6.07, 6.45) is 5.70. The first kappa shape index (κ1) is 8.69. The van der Waals surface area contributed by atoms with E-state index in [4.69, 9.17) is 0 Å².